The second-order valence-electron chi connectivity index (χ2n) is 17.1. The summed E-state index contributed by atoms with van der Waals surface area (Å²) in [5.41, 5.74) is 6.05. The lowest BCUT2D eigenvalue weighted by Crippen LogP contribution is -2.67. The highest BCUT2D eigenvalue weighted by Gasteiger charge is 2.52. The van der Waals surface area contributed by atoms with Gasteiger partial charge in [0.2, 0.25) is 0 Å². The number of amides is 1. The fourth-order valence-electron chi connectivity index (χ4n) is 9.14. The van der Waals surface area contributed by atoms with Gasteiger partial charge in [-0.25, -0.2) is 4.39 Å². The Morgan fingerprint density at radius 1 is 0.855 bits per heavy atom. The molecule has 1 aliphatic carbocycles. The average molecular weight is 843 g/mol. The van der Waals surface area contributed by atoms with Gasteiger partial charge in [0.05, 0.1) is 31.9 Å². The number of carbonyl (C=O) groups excluding carboxylic acids is 1. The number of halogens is 1. The van der Waals surface area contributed by atoms with E-state index >= 15 is 0 Å². The SMILES string of the molecule is COc1ccc(Cn2cc3c(C4CCC(O[Si](c5ccccc5)(c5ccccc5)C(C)(C)C)C4)cc(-c4ccc(CNC(=O)c5cc(F)ccc5OC)cc4)c(C#N)c3n2)cc1. The largest absolute Gasteiger partial charge is 0.497 e. The highest BCUT2D eigenvalue weighted by molar-refractivity contribution is 6.99. The van der Waals surface area contributed by atoms with Gasteiger partial charge in [0.15, 0.2) is 0 Å². The van der Waals surface area contributed by atoms with Gasteiger partial charge in [-0.1, -0.05) is 118 Å². The summed E-state index contributed by atoms with van der Waals surface area (Å²) in [6, 6.07) is 46.0. The molecule has 2 atom stereocenters. The van der Waals surface area contributed by atoms with Gasteiger partial charge in [-0.15, -0.1) is 0 Å². The molecule has 62 heavy (non-hydrogen) atoms. The number of nitrogens with one attached hydrogen (secondary N) is 1. The number of nitrogens with zero attached hydrogens (tertiary/aromatic N) is 3. The van der Waals surface area contributed by atoms with Crippen molar-refractivity contribution in [3.63, 3.8) is 0 Å². The molecule has 0 spiro atoms. The van der Waals surface area contributed by atoms with Gasteiger partial charge in [0, 0.05) is 29.8 Å². The van der Waals surface area contributed by atoms with E-state index in [-0.39, 0.29) is 29.2 Å². The molecular weight excluding hydrogens is 792 g/mol. The Bertz CT molecular complexity index is 2690. The Hall–Kier alpha value is -6.54. The van der Waals surface area contributed by atoms with Crippen molar-refractivity contribution in [2.45, 2.75) is 70.2 Å². The van der Waals surface area contributed by atoms with Gasteiger partial charge >= 0.3 is 0 Å². The fraction of sp³-hybridized carbons (Fsp3) is 0.250. The van der Waals surface area contributed by atoms with Crippen molar-refractivity contribution in [3.8, 4) is 28.7 Å². The summed E-state index contributed by atoms with van der Waals surface area (Å²) < 4.78 is 34.3. The molecule has 0 aliphatic heterocycles. The number of aromatic nitrogens is 2. The Kier molecular flexibility index (Phi) is 12.1. The number of fused-ring (bicyclic) bond motifs is 1. The minimum absolute atomic E-state index is 0.0247. The van der Waals surface area contributed by atoms with Gasteiger partial charge < -0.3 is 19.2 Å². The molecule has 2 unspecified atom stereocenters. The first kappa shape index (κ1) is 42.2. The molecule has 1 aliphatic rings. The van der Waals surface area contributed by atoms with Crippen molar-refractivity contribution in [2.24, 2.45) is 0 Å². The molecule has 1 fully saturated rings. The van der Waals surface area contributed by atoms with Crippen LogP contribution in [-0.2, 0) is 17.5 Å². The summed E-state index contributed by atoms with van der Waals surface area (Å²) in [4.78, 5) is 13.0. The molecular formula is C52H51FN4O4Si. The maximum atomic E-state index is 14.0. The van der Waals surface area contributed by atoms with Crippen LogP contribution in [0.3, 0.4) is 0 Å². The molecule has 314 valence electrons. The molecule has 1 aromatic heterocycles. The lowest BCUT2D eigenvalue weighted by Gasteiger charge is -2.44. The van der Waals surface area contributed by atoms with Crippen LogP contribution in [-0.4, -0.2) is 44.3 Å². The summed E-state index contributed by atoms with van der Waals surface area (Å²) in [5.74, 6) is 0.292. The molecule has 0 bridgehead atoms. The standard InChI is InChI=1S/C52H51FN4O4Si/c1-52(2,3)62(42-12-8-6-9-13-42,43-14-10-7-11-15-43)61-41-26-22-38(28-41)45-30-44(47(31-54)50-48(45)34-57(56-50)33-36-18-24-40(59-4)25-19-36)37-20-16-35(17-21-37)32-55-51(58)46-29-39(53)23-27-49(46)60-5/h6-21,23-25,27,29-30,34,38,41H,22,26,28,32-33H2,1-5H3,(H,55,58). The van der Waals surface area contributed by atoms with E-state index in [4.69, 9.17) is 19.0 Å². The van der Waals surface area contributed by atoms with Crippen LogP contribution < -0.4 is 25.2 Å². The predicted octanol–water partition coefficient (Wildman–Crippen LogP) is 9.92. The van der Waals surface area contributed by atoms with Gasteiger partial charge in [-0.05, 0) is 99.2 Å². The number of ether oxygens (including phenoxy) is 2. The number of rotatable bonds is 13. The third-order valence-electron chi connectivity index (χ3n) is 12.2. The van der Waals surface area contributed by atoms with E-state index < -0.39 is 20.0 Å². The van der Waals surface area contributed by atoms with E-state index in [0.29, 0.717) is 23.4 Å². The number of carbonyl (C=O) groups is 1. The number of methoxy groups -OCH3 is 2. The van der Waals surface area contributed by atoms with Crippen molar-refractivity contribution in [1.29, 1.82) is 5.26 Å². The Morgan fingerprint density at radius 3 is 2.13 bits per heavy atom. The van der Waals surface area contributed by atoms with Crippen LogP contribution in [0, 0.1) is 17.1 Å². The number of hydrogen-bond donors (Lipinski definition) is 1. The van der Waals surface area contributed by atoms with E-state index in [0.717, 1.165) is 58.2 Å². The molecule has 1 N–H and O–H groups in total. The van der Waals surface area contributed by atoms with Gasteiger partial charge in [-0.2, -0.15) is 10.4 Å². The van der Waals surface area contributed by atoms with E-state index in [2.05, 4.69) is 105 Å². The minimum atomic E-state index is -2.79. The van der Waals surface area contributed by atoms with Crippen LogP contribution in [0.4, 0.5) is 4.39 Å². The first-order valence-electron chi connectivity index (χ1n) is 21.1. The highest BCUT2D eigenvalue weighted by Crippen LogP contribution is 2.46. The summed E-state index contributed by atoms with van der Waals surface area (Å²) in [7, 11) is 0.316. The zero-order chi connectivity index (χ0) is 43.4. The maximum Gasteiger partial charge on any atom is 0.261 e. The summed E-state index contributed by atoms with van der Waals surface area (Å²) in [5, 5.41) is 22.2. The van der Waals surface area contributed by atoms with Crippen LogP contribution in [0.5, 0.6) is 11.5 Å². The molecule has 8 nitrogen and oxygen atoms in total. The molecule has 0 radical (unpaired) electrons. The molecule has 1 amide bonds. The van der Waals surface area contributed by atoms with Gasteiger partial charge in [0.1, 0.15) is 28.9 Å². The maximum absolute atomic E-state index is 14.0. The monoisotopic (exact) mass is 842 g/mol. The van der Waals surface area contributed by atoms with Crippen molar-refractivity contribution < 1.29 is 23.1 Å². The lowest BCUT2D eigenvalue weighted by atomic mass is 9.88. The first-order valence-corrected chi connectivity index (χ1v) is 23.0. The molecule has 7 aromatic rings. The smallest absolute Gasteiger partial charge is 0.261 e. The number of hydrogen-bond acceptors (Lipinski definition) is 6. The third-order valence-corrected chi connectivity index (χ3v) is 17.3. The number of nitriles is 1. The normalized spacial score (nSPS) is 15.3. The summed E-state index contributed by atoms with van der Waals surface area (Å²) in [6.45, 7) is 7.71. The number of benzene rings is 6. The van der Waals surface area contributed by atoms with Crippen LogP contribution in [0.25, 0.3) is 22.0 Å². The van der Waals surface area contributed by atoms with Gasteiger partial charge in [0.25, 0.3) is 14.2 Å². The Morgan fingerprint density at radius 2 is 1.52 bits per heavy atom. The van der Waals surface area contributed by atoms with Crippen molar-refractivity contribution in [1.82, 2.24) is 15.1 Å². The molecule has 1 heterocycles. The third kappa shape index (κ3) is 8.38. The fourth-order valence-corrected chi connectivity index (χ4v) is 13.9. The lowest BCUT2D eigenvalue weighted by molar-refractivity contribution is 0.0947. The second kappa shape index (κ2) is 17.8. The average Bonchev–Trinajstić information content (AvgIpc) is 3.94. The van der Waals surface area contributed by atoms with Crippen LogP contribution >= 0.6 is 0 Å². The van der Waals surface area contributed by atoms with E-state index in [1.54, 1.807) is 7.11 Å². The molecule has 10 heteroatoms. The van der Waals surface area contributed by atoms with E-state index in [1.807, 2.05) is 53.2 Å². The Labute approximate surface area is 364 Å². The second-order valence-corrected chi connectivity index (χ2v) is 21.3. The zero-order valence-corrected chi connectivity index (χ0v) is 36.8. The molecule has 8 rings (SSSR count). The van der Waals surface area contributed by atoms with E-state index in [9.17, 15) is 14.4 Å². The van der Waals surface area contributed by atoms with Crippen LogP contribution in [0.2, 0.25) is 5.04 Å². The molecule has 0 saturated heterocycles. The van der Waals surface area contributed by atoms with Gasteiger partial charge in [-0.3, -0.25) is 9.48 Å². The van der Waals surface area contributed by atoms with Crippen LogP contribution in [0.15, 0.2) is 140 Å². The molecule has 6 aromatic carbocycles. The zero-order valence-electron chi connectivity index (χ0n) is 35.8. The van der Waals surface area contributed by atoms with Crippen molar-refractivity contribution in [2.75, 3.05) is 14.2 Å². The Balaban J connectivity index is 1.14. The van der Waals surface area contributed by atoms with Crippen molar-refractivity contribution in [3.05, 3.63) is 173 Å². The molecule has 1 saturated carbocycles. The van der Waals surface area contributed by atoms with E-state index in [1.165, 1.54) is 35.7 Å². The quantitative estimate of drug-likeness (QED) is 0.116. The summed E-state index contributed by atoms with van der Waals surface area (Å²) >= 11 is 0. The summed E-state index contributed by atoms with van der Waals surface area (Å²) in [6.07, 6.45) is 4.80. The first-order chi connectivity index (χ1) is 30.0. The van der Waals surface area contributed by atoms with Crippen LogP contribution in [0.1, 0.15) is 78.6 Å². The predicted molar refractivity (Wildman–Crippen MR) is 245 cm³/mol. The minimum Gasteiger partial charge on any atom is -0.497 e. The van der Waals surface area contributed by atoms with Crippen molar-refractivity contribution >= 4 is 35.5 Å². The topological polar surface area (TPSA) is 98.4 Å². The highest BCUT2D eigenvalue weighted by atomic mass is 28.4.